The number of hydrogen-bond acceptors (Lipinski definition) is 4. The van der Waals surface area contributed by atoms with Crippen molar-refractivity contribution >= 4 is 22.8 Å². The third-order valence-corrected chi connectivity index (χ3v) is 3.37. The quantitative estimate of drug-likeness (QED) is 0.837. The molecule has 1 aromatic carbocycles. The van der Waals surface area contributed by atoms with Gasteiger partial charge in [-0.25, -0.2) is 4.79 Å². The highest BCUT2D eigenvalue weighted by Gasteiger charge is 2.39. The Kier molecular flexibility index (Phi) is 3.68. The smallest absolute Gasteiger partial charge is 0.336 e. The molecule has 2 rings (SSSR count). The molecule has 108 valence electrons. The van der Waals surface area contributed by atoms with E-state index in [1.54, 1.807) is 31.3 Å². The van der Waals surface area contributed by atoms with Crippen LogP contribution in [0.2, 0.25) is 0 Å². The fraction of sp³-hybridized carbons (Fsp3) is 0.267. The van der Waals surface area contributed by atoms with Crippen LogP contribution in [0.3, 0.4) is 0 Å². The number of amides is 1. The van der Waals surface area contributed by atoms with Crippen LogP contribution in [0.25, 0.3) is 10.9 Å². The Morgan fingerprint density at radius 1 is 1.43 bits per heavy atom. The number of methoxy groups -OCH3 is 1. The molecule has 21 heavy (non-hydrogen) atoms. The number of aromatic amines is 1. The number of nitrogens with zero attached hydrogens (tertiary/aromatic N) is 1. The van der Waals surface area contributed by atoms with Gasteiger partial charge in [0.2, 0.25) is 5.91 Å². The second-order valence-electron chi connectivity index (χ2n) is 4.87. The van der Waals surface area contributed by atoms with E-state index in [1.165, 1.54) is 14.0 Å². The standard InChI is InChI=1S/C15H15N3O3/c1-9(19)18-15(2,14(20)21-3)12-8-17-13-5-4-10(7-16)6-11(12)13/h4-6,8,17H,1-3H3,(H,18,19). The Hall–Kier alpha value is -2.81. The first-order valence-electron chi connectivity index (χ1n) is 6.31. The first kappa shape index (κ1) is 14.6. The van der Waals surface area contributed by atoms with E-state index in [1.807, 2.05) is 0 Å². The number of nitrogens with one attached hydrogen (secondary N) is 2. The van der Waals surface area contributed by atoms with Gasteiger partial charge in [-0.1, -0.05) is 0 Å². The van der Waals surface area contributed by atoms with Crippen LogP contribution in [0.4, 0.5) is 0 Å². The Bertz CT molecular complexity index is 757. The van der Waals surface area contributed by atoms with Crippen LogP contribution in [-0.2, 0) is 19.9 Å². The van der Waals surface area contributed by atoms with Crippen LogP contribution in [0.1, 0.15) is 25.0 Å². The molecule has 1 atom stereocenters. The van der Waals surface area contributed by atoms with E-state index in [9.17, 15) is 9.59 Å². The zero-order chi connectivity index (χ0) is 15.6. The van der Waals surface area contributed by atoms with E-state index in [-0.39, 0.29) is 5.91 Å². The molecule has 0 aliphatic heterocycles. The zero-order valence-corrected chi connectivity index (χ0v) is 12.0. The minimum Gasteiger partial charge on any atom is -0.467 e. The Labute approximate surface area is 121 Å². The highest BCUT2D eigenvalue weighted by Crippen LogP contribution is 2.30. The molecule has 1 amide bonds. The van der Waals surface area contributed by atoms with Gasteiger partial charge in [0.05, 0.1) is 18.7 Å². The zero-order valence-electron chi connectivity index (χ0n) is 12.0. The van der Waals surface area contributed by atoms with Crippen molar-refractivity contribution in [1.29, 1.82) is 5.26 Å². The lowest BCUT2D eigenvalue weighted by atomic mass is 9.91. The van der Waals surface area contributed by atoms with Gasteiger partial charge >= 0.3 is 5.97 Å². The Balaban J connectivity index is 2.68. The summed E-state index contributed by atoms with van der Waals surface area (Å²) in [7, 11) is 1.26. The molecule has 1 aromatic heterocycles. The maximum absolute atomic E-state index is 12.1. The molecule has 6 heteroatoms. The maximum Gasteiger partial charge on any atom is 0.336 e. The number of ether oxygens (including phenoxy) is 1. The predicted molar refractivity (Wildman–Crippen MR) is 76.2 cm³/mol. The largest absolute Gasteiger partial charge is 0.467 e. The molecule has 0 bridgehead atoms. The molecular weight excluding hydrogens is 270 g/mol. The molecule has 0 aliphatic rings. The summed E-state index contributed by atoms with van der Waals surface area (Å²) in [5, 5.41) is 12.3. The lowest BCUT2D eigenvalue weighted by Crippen LogP contribution is -2.49. The van der Waals surface area contributed by atoms with Crippen LogP contribution >= 0.6 is 0 Å². The number of hydrogen-bond donors (Lipinski definition) is 2. The number of benzene rings is 1. The van der Waals surface area contributed by atoms with Crippen molar-refractivity contribution in [2.75, 3.05) is 7.11 Å². The van der Waals surface area contributed by atoms with Crippen LogP contribution in [0, 0.1) is 11.3 Å². The minimum atomic E-state index is -1.33. The maximum atomic E-state index is 12.1. The van der Waals surface area contributed by atoms with Gasteiger partial charge in [0.15, 0.2) is 5.54 Å². The van der Waals surface area contributed by atoms with E-state index in [0.29, 0.717) is 16.5 Å². The minimum absolute atomic E-state index is 0.353. The second kappa shape index (κ2) is 5.29. The molecule has 0 saturated carbocycles. The van der Waals surface area contributed by atoms with Gasteiger partial charge in [-0.3, -0.25) is 4.79 Å². The fourth-order valence-electron chi connectivity index (χ4n) is 2.39. The van der Waals surface area contributed by atoms with Crippen molar-refractivity contribution in [2.24, 2.45) is 0 Å². The van der Waals surface area contributed by atoms with Gasteiger partial charge < -0.3 is 15.0 Å². The first-order valence-corrected chi connectivity index (χ1v) is 6.31. The summed E-state index contributed by atoms with van der Waals surface area (Å²) in [6.45, 7) is 2.90. The molecule has 0 spiro atoms. The summed E-state index contributed by atoms with van der Waals surface area (Å²) in [5.74, 6) is -0.936. The lowest BCUT2D eigenvalue weighted by Gasteiger charge is -2.27. The summed E-state index contributed by atoms with van der Waals surface area (Å²) in [6, 6.07) is 7.15. The molecule has 0 radical (unpaired) electrons. The van der Waals surface area contributed by atoms with Crippen molar-refractivity contribution < 1.29 is 14.3 Å². The summed E-state index contributed by atoms with van der Waals surface area (Å²) >= 11 is 0. The van der Waals surface area contributed by atoms with Crippen molar-refractivity contribution in [3.05, 3.63) is 35.5 Å². The van der Waals surface area contributed by atoms with Gasteiger partial charge in [0, 0.05) is 29.6 Å². The van der Waals surface area contributed by atoms with Gasteiger partial charge in [-0.2, -0.15) is 5.26 Å². The topological polar surface area (TPSA) is 95.0 Å². The highest BCUT2D eigenvalue weighted by molar-refractivity contribution is 5.95. The number of nitriles is 1. The van der Waals surface area contributed by atoms with Crippen LogP contribution in [-0.4, -0.2) is 24.0 Å². The summed E-state index contributed by atoms with van der Waals surface area (Å²) in [4.78, 5) is 26.6. The molecular formula is C15H15N3O3. The van der Waals surface area contributed by atoms with Crippen molar-refractivity contribution in [2.45, 2.75) is 19.4 Å². The first-order chi connectivity index (χ1) is 9.92. The van der Waals surface area contributed by atoms with E-state index < -0.39 is 11.5 Å². The van der Waals surface area contributed by atoms with Crippen LogP contribution in [0.15, 0.2) is 24.4 Å². The highest BCUT2D eigenvalue weighted by atomic mass is 16.5. The number of aromatic nitrogens is 1. The monoisotopic (exact) mass is 285 g/mol. The predicted octanol–water partition coefficient (Wildman–Crippen LogP) is 1.56. The summed E-state index contributed by atoms with van der Waals surface area (Å²) < 4.78 is 4.81. The molecule has 0 aliphatic carbocycles. The number of carbonyl (C=O) groups is 2. The number of fused-ring (bicyclic) bond motifs is 1. The molecule has 2 N–H and O–H groups in total. The SMILES string of the molecule is COC(=O)C(C)(NC(C)=O)c1c[nH]c2ccc(C#N)cc12. The molecule has 0 saturated heterocycles. The van der Waals surface area contributed by atoms with Gasteiger partial charge in [-0.15, -0.1) is 0 Å². The molecule has 2 aromatic rings. The van der Waals surface area contributed by atoms with Gasteiger partial charge in [0.25, 0.3) is 0 Å². The van der Waals surface area contributed by atoms with Gasteiger partial charge in [0.1, 0.15) is 0 Å². The Morgan fingerprint density at radius 2 is 2.14 bits per heavy atom. The Morgan fingerprint density at radius 3 is 2.71 bits per heavy atom. The van der Waals surface area contributed by atoms with Crippen LogP contribution < -0.4 is 5.32 Å². The molecule has 6 nitrogen and oxygen atoms in total. The van der Waals surface area contributed by atoms with Crippen LogP contribution in [0.5, 0.6) is 0 Å². The average molecular weight is 285 g/mol. The summed E-state index contributed by atoms with van der Waals surface area (Å²) in [5.41, 5.74) is 0.465. The number of carbonyl (C=O) groups excluding carboxylic acids is 2. The van der Waals surface area contributed by atoms with E-state index in [4.69, 9.17) is 10.00 Å². The molecule has 1 heterocycles. The number of rotatable bonds is 3. The van der Waals surface area contributed by atoms with Crippen molar-refractivity contribution in [1.82, 2.24) is 10.3 Å². The third-order valence-electron chi connectivity index (χ3n) is 3.37. The van der Waals surface area contributed by atoms with E-state index >= 15 is 0 Å². The summed E-state index contributed by atoms with van der Waals surface area (Å²) in [6.07, 6.45) is 1.64. The second-order valence-corrected chi connectivity index (χ2v) is 4.87. The average Bonchev–Trinajstić information content (AvgIpc) is 2.88. The molecule has 0 fully saturated rings. The van der Waals surface area contributed by atoms with Crippen molar-refractivity contribution in [3.63, 3.8) is 0 Å². The normalized spacial score (nSPS) is 13.2. The van der Waals surface area contributed by atoms with E-state index in [0.717, 1.165) is 5.52 Å². The van der Waals surface area contributed by atoms with Gasteiger partial charge in [-0.05, 0) is 25.1 Å². The number of esters is 1. The number of H-pyrrole nitrogens is 1. The van der Waals surface area contributed by atoms with E-state index in [2.05, 4.69) is 16.4 Å². The molecule has 1 unspecified atom stereocenters. The lowest BCUT2D eigenvalue weighted by molar-refractivity contribution is -0.150. The fourth-order valence-corrected chi connectivity index (χ4v) is 2.39. The van der Waals surface area contributed by atoms with Crippen molar-refractivity contribution in [3.8, 4) is 6.07 Å². The third kappa shape index (κ3) is 2.46.